The van der Waals surface area contributed by atoms with Crippen LogP contribution in [0.1, 0.15) is 129 Å². The average Bonchev–Trinajstić information content (AvgIpc) is 3.04. The third-order valence-electron chi connectivity index (χ3n) is 7.26. The van der Waals surface area contributed by atoms with Crippen molar-refractivity contribution in [3.8, 4) is 0 Å². The van der Waals surface area contributed by atoms with E-state index in [-0.39, 0.29) is 25.2 Å². The SMILES string of the molecule is CC(CCC=CCC=CCC=CCC=CCC=CCCCC(=O)O)CCCC=CCC=CCC=CCC=CCC=CCCCC(=O)O.Cl. The third-order valence-corrected chi connectivity index (χ3v) is 7.26. The van der Waals surface area contributed by atoms with Crippen LogP contribution in [0, 0.1) is 5.92 Å². The van der Waals surface area contributed by atoms with E-state index < -0.39 is 11.9 Å². The molecule has 0 saturated heterocycles. The van der Waals surface area contributed by atoms with E-state index in [1.165, 1.54) is 32.1 Å². The molecule has 0 aromatic carbocycles. The lowest BCUT2D eigenvalue weighted by Gasteiger charge is -2.08. The topological polar surface area (TPSA) is 74.6 Å². The van der Waals surface area contributed by atoms with E-state index in [0.717, 1.165) is 70.1 Å². The lowest BCUT2D eigenvalue weighted by molar-refractivity contribution is -0.138. The fourth-order valence-corrected chi connectivity index (χ4v) is 4.49. The Morgan fingerprint density at radius 3 is 0.938 bits per heavy atom. The molecular formula is C43H65ClO4. The highest BCUT2D eigenvalue weighted by atomic mass is 35.5. The van der Waals surface area contributed by atoms with Gasteiger partial charge in [-0.1, -0.05) is 135 Å². The molecule has 268 valence electrons. The summed E-state index contributed by atoms with van der Waals surface area (Å²) in [7, 11) is 0. The molecule has 0 amide bonds. The second-order valence-corrected chi connectivity index (χ2v) is 11.8. The molecule has 0 saturated carbocycles. The summed E-state index contributed by atoms with van der Waals surface area (Å²) in [5.74, 6) is -0.668. The Hall–Kier alpha value is -3.37. The number of hydrogen-bond donors (Lipinski definition) is 2. The first-order valence-corrected chi connectivity index (χ1v) is 18.0. The van der Waals surface area contributed by atoms with E-state index in [1.807, 2.05) is 0 Å². The first-order valence-electron chi connectivity index (χ1n) is 18.0. The number of halogens is 1. The number of allylic oxidation sites excluding steroid dienone is 20. The van der Waals surface area contributed by atoms with Gasteiger partial charge in [0.25, 0.3) is 0 Å². The van der Waals surface area contributed by atoms with Gasteiger partial charge in [-0.25, -0.2) is 0 Å². The highest BCUT2D eigenvalue weighted by Gasteiger charge is 1.99. The summed E-state index contributed by atoms with van der Waals surface area (Å²) in [6.45, 7) is 2.37. The van der Waals surface area contributed by atoms with Gasteiger partial charge in [0.05, 0.1) is 0 Å². The number of unbranched alkanes of at least 4 members (excludes halogenated alkanes) is 3. The van der Waals surface area contributed by atoms with Crippen LogP contribution >= 0.6 is 12.4 Å². The van der Waals surface area contributed by atoms with Crippen molar-refractivity contribution in [1.82, 2.24) is 0 Å². The van der Waals surface area contributed by atoms with Gasteiger partial charge in [0.2, 0.25) is 0 Å². The third kappa shape index (κ3) is 42.6. The molecule has 0 spiro atoms. The summed E-state index contributed by atoms with van der Waals surface area (Å²) >= 11 is 0. The standard InChI is InChI=1S/C43H64O4.ClH/c1-41(38-34-30-26-22-18-14-10-6-4-8-12-16-20-24-28-32-36-40-43(46)47)37-33-29-25-21-17-13-9-5-2-3-7-11-15-19-23-27-31-35-39-42(44)45;/h2-4,6,9,11-16,18,21,23-28,30,41H,5,7-8,10,17,19-20,22,29,31-40H2,1H3,(H,44,45)(H,46,47);1H. The maximum Gasteiger partial charge on any atom is 0.303 e. The van der Waals surface area contributed by atoms with Crippen molar-refractivity contribution in [2.45, 2.75) is 129 Å². The van der Waals surface area contributed by atoms with Crippen molar-refractivity contribution in [3.63, 3.8) is 0 Å². The maximum atomic E-state index is 10.4. The van der Waals surface area contributed by atoms with Crippen LogP contribution in [0.4, 0.5) is 0 Å². The maximum absolute atomic E-state index is 10.4. The Morgan fingerprint density at radius 2 is 0.646 bits per heavy atom. The lowest BCUT2D eigenvalue weighted by Crippen LogP contribution is -1.93. The molecule has 5 heteroatoms. The molecule has 48 heavy (non-hydrogen) atoms. The Balaban J connectivity index is 0. The molecule has 0 bridgehead atoms. The van der Waals surface area contributed by atoms with E-state index in [0.29, 0.717) is 12.8 Å². The zero-order valence-electron chi connectivity index (χ0n) is 29.7. The summed E-state index contributed by atoms with van der Waals surface area (Å²) in [5, 5.41) is 17.2. The summed E-state index contributed by atoms with van der Waals surface area (Å²) in [4.78, 5) is 20.9. The number of carbonyl (C=O) groups is 2. The van der Waals surface area contributed by atoms with E-state index in [4.69, 9.17) is 10.2 Å². The van der Waals surface area contributed by atoms with Crippen molar-refractivity contribution >= 4 is 24.3 Å². The van der Waals surface area contributed by atoms with Crippen molar-refractivity contribution in [3.05, 3.63) is 122 Å². The van der Waals surface area contributed by atoms with Crippen molar-refractivity contribution in [2.75, 3.05) is 0 Å². The molecule has 0 aliphatic carbocycles. The van der Waals surface area contributed by atoms with Crippen LogP contribution in [0.3, 0.4) is 0 Å². The molecule has 0 heterocycles. The van der Waals surface area contributed by atoms with E-state index >= 15 is 0 Å². The summed E-state index contributed by atoms with van der Waals surface area (Å²) in [5.41, 5.74) is 0. The zero-order valence-corrected chi connectivity index (χ0v) is 30.5. The molecular weight excluding hydrogens is 616 g/mol. The minimum absolute atomic E-state index is 0. The number of carboxylic acid groups (broad SMARTS) is 2. The van der Waals surface area contributed by atoms with Crippen LogP contribution in [-0.2, 0) is 9.59 Å². The average molecular weight is 681 g/mol. The minimum atomic E-state index is -0.721. The number of carboxylic acids is 2. The normalized spacial score (nSPS) is 13.5. The molecule has 1 atom stereocenters. The van der Waals surface area contributed by atoms with Crippen LogP contribution in [0.15, 0.2) is 122 Å². The molecule has 0 rings (SSSR count). The van der Waals surface area contributed by atoms with Gasteiger partial charge in [0, 0.05) is 12.8 Å². The van der Waals surface area contributed by atoms with Crippen LogP contribution in [0.2, 0.25) is 0 Å². The minimum Gasteiger partial charge on any atom is -0.481 e. The summed E-state index contributed by atoms with van der Waals surface area (Å²) < 4.78 is 0. The molecule has 0 aromatic rings. The second-order valence-electron chi connectivity index (χ2n) is 11.8. The highest BCUT2D eigenvalue weighted by Crippen LogP contribution is 2.15. The lowest BCUT2D eigenvalue weighted by atomic mass is 9.98. The van der Waals surface area contributed by atoms with Gasteiger partial charge in [0.15, 0.2) is 0 Å². The zero-order chi connectivity index (χ0) is 34.3. The van der Waals surface area contributed by atoms with Crippen LogP contribution in [0.25, 0.3) is 0 Å². The van der Waals surface area contributed by atoms with Crippen molar-refractivity contribution in [2.24, 2.45) is 5.92 Å². The molecule has 0 aromatic heterocycles. The van der Waals surface area contributed by atoms with Gasteiger partial charge >= 0.3 is 11.9 Å². The quantitative estimate of drug-likeness (QED) is 0.0564. The number of aliphatic carboxylic acids is 2. The van der Waals surface area contributed by atoms with Crippen LogP contribution < -0.4 is 0 Å². The van der Waals surface area contributed by atoms with Gasteiger partial charge in [-0.2, -0.15) is 0 Å². The van der Waals surface area contributed by atoms with Crippen LogP contribution in [0.5, 0.6) is 0 Å². The summed E-state index contributed by atoms with van der Waals surface area (Å²) in [6.07, 6.45) is 61.4. The van der Waals surface area contributed by atoms with Gasteiger partial charge in [-0.3, -0.25) is 9.59 Å². The first-order chi connectivity index (χ1) is 23.0. The van der Waals surface area contributed by atoms with Gasteiger partial charge in [-0.05, 0) is 109 Å². The monoisotopic (exact) mass is 680 g/mol. The molecule has 1 unspecified atom stereocenters. The van der Waals surface area contributed by atoms with Gasteiger partial charge < -0.3 is 10.2 Å². The number of hydrogen-bond acceptors (Lipinski definition) is 2. The summed E-state index contributed by atoms with van der Waals surface area (Å²) in [6, 6.07) is 0. The fraction of sp³-hybridized carbons (Fsp3) is 0.488. The van der Waals surface area contributed by atoms with E-state index in [9.17, 15) is 9.59 Å². The van der Waals surface area contributed by atoms with Crippen molar-refractivity contribution in [1.29, 1.82) is 0 Å². The van der Waals surface area contributed by atoms with E-state index in [2.05, 4.69) is 128 Å². The van der Waals surface area contributed by atoms with Gasteiger partial charge in [-0.15, -0.1) is 12.4 Å². The van der Waals surface area contributed by atoms with Crippen LogP contribution in [-0.4, -0.2) is 22.2 Å². The largest absolute Gasteiger partial charge is 0.481 e. The molecule has 4 nitrogen and oxygen atoms in total. The van der Waals surface area contributed by atoms with Crippen molar-refractivity contribution < 1.29 is 19.8 Å². The molecule has 0 aliphatic heterocycles. The Morgan fingerprint density at radius 1 is 0.396 bits per heavy atom. The highest BCUT2D eigenvalue weighted by molar-refractivity contribution is 5.85. The molecule has 0 fully saturated rings. The second kappa shape index (κ2) is 39.8. The Kier molecular flexibility index (Phi) is 38.8. The smallest absolute Gasteiger partial charge is 0.303 e. The molecule has 0 aliphatic rings. The predicted molar refractivity (Wildman–Crippen MR) is 211 cm³/mol. The van der Waals surface area contributed by atoms with E-state index in [1.54, 1.807) is 0 Å². The Labute approximate surface area is 299 Å². The predicted octanol–water partition coefficient (Wildman–Crippen LogP) is 13.2. The molecule has 0 radical (unpaired) electrons. The molecule has 2 N–H and O–H groups in total. The first kappa shape index (κ1) is 46.7. The van der Waals surface area contributed by atoms with Gasteiger partial charge in [0.1, 0.15) is 0 Å². The number of rotatable bonds is 31. The Bertz CT molecular complexity index is 1050. The fourth-order valence-electron chi connectivity index (χ4n) is 4.49.